The summed E-state index contributed by atoms with van der Waals surface area (Å²) in [6.45, 7) is 0.277. The molecular formula is C23H23ClFN3O4S. The van der Waals surface area contributed by atoms with E-state index in [1.807, 2.05) is 0 Å². The van der Waals surface area contributed by atoms with Gasteiger partial charge in [-0.15, -0.1) is 0 Å². The molecule has 2 amide bonds. The van der Waals surface area contributed by atoms with Crippen molar-refractivity contribution < 1.29 is 22.3 Å². The summed E-state index contributed by atoms with van der Waals surface area (Å²) in [4.78, 5) is 14.4. The molecule has 0 atom stereocenters. The minimum absolute atomic E-state index is 0.0938. The first-order valence-corrected chi connectivity index (χ1v) is 11.9. The molecule has 0 aliphatic heterocycles. The molecule has 3 aromatic rings. The molecule has 0 bridgehead atoms. The Kier molecular flexibility index (Phi) is 8.26. The number of hydrogen-bond acceptors (Lipinski definition) is 4. The van der Waals surface area contributed by atoms with Crippen LogP contribution in [-0.2, 0) is 10.0 Å². The van der Waals surface area contributed by atoms with Gasteiger partial charge in [0.15, 0.2) is 0 Å². The van der Waals surface area contributed by atoms with Crippen molar-refractivity contribution in [1.29, 1.82) is 0 Å². The molecule has 0 aliphatic rings. The molecule has 0 spiro atoms. The zero-order valence-electron chi connectivity index (χ0n) is 17.8. The third-order valence-electron chi connectivity index (χ3n) is 4.68. The maximum atomic E-state index is 13.4. The SMILES string of the molecule is COc1ccc(S(=O)(=O)NCCCN(C(=O)Nc2cccc(Cl)c2)c2ccc(F)cc2)cc1. The maximum Gasteiger partial charge on any atom is 0.326 e. The van der Waals surface area contributed by atoms with Crippen LogP contribution in [0.2, 0.25) is 5.02 Å². The second-order valence-corrected chi connectivity index (χ2v) is 9.20. The van der Waals surface area contributed by atoms with Crippen molar-refractivity contribution in [3.8, 4) is 5.75 Å². The number of amides is 2. The van der Waals surface area contributed by atoms with Gasteiger partial charge < -0.3 is 10.1 Å². The highest BCUT2D eigenvalue weighted by Crippen LogP contribution is 2.20. The molecule has 0 radical (unpaired) electrons. The number of methoxy groups -OCH3 is 1. The van der Waals surface area contributed by atoms with Crippen LogP contribution in [0.5, 0.6) is 5.75 Å². The lowest BCUT2D eigenvalue weighted by molar-refractivity contribution is 0.257. The first-order chi connectivity index (χ1) is 15.8. The van der Waals surface area contributed by atoms with Crippen LogP contribution in [-0.4, -0.2) is 34.6 Å². The molecule has 0 fully saturated rings. The summed E-state index contributed by atoms with van der Waals surface area (Å²) < 4.78 is 45.9. The van der Waals surface area contributed by atoms with Gasteiger partial charge in [0, 0.05) is 29.5 Å². The number of ether oxygens (including phenoxy) is 1. The first kappa shape index (κ1) is 24.5. The Morgan fingerprint density at radius 1 is 1.06 bits per heavy atom. The summed E-state index contributed by atoms with van der Waals surface area (Å²) in [6, 6.07) is 17.7. The van der Waals surface area contributed by atoms with E-state index in [1.54, 1.807) is 36.4 Å². The van der Waals surface area contributed by atoms with Crippen molar-refractivity contribution in [2.24, 2.45) is 0 Å². The van der Waals surface area contributed by atoms with Crippen molar-refractivity contribution in [3.05, 3.63) is 83.6 Å². The number of benzene rings is 3. The molecule has 0 heterocycles. The summed E-state index contributed by atoms with van der Waals surface area (Å²) in [5.41, 5.74) is 0.966. The Morgan fingerprint density at radius 3 is 2.39 bits per heavy atom. The summed E-state index contributed by atoms with van der Waals surface area (Å²) in [6.07, 6.45) is 0.315. The molecule has 0 aliphatic carbocycles. The number of nitrogens with one attached hydrogen (secondary N) is 2. The highest BCUT2D eigenvalue weighted by Gasteiger charge is 2.18. The Balaban J connectivity index is 1.65. The molecule has 0 aromatic heterocycles. The number of hydrogen-bond donors (Lipinski definition) is 2. The molecule has 33 heavy (non-hydrogen) atoms. The summed E-state index contributed by atoms with van der Waals surface area (Å²) in [5, 5.41) is 3.21. The highest BCUT2D eigenvalue weighted by molar-refractivity contribution is 7.89. The number of anilines is 2. The van der Waals surface area contributed by atoms with E-state index in [1.165, 1.54) is 48.4 Å². The van der Waals surface area contributed by atoms with Crippen molar-refractivity contribution in [1.82, 2.24) is 4.72 Å². The molecule has 0 saturated carbocycles. The van der Waals surface area contributed by atoms with Crippen molar-refractivity contribution in [2.75, 3.05) is 30.4 Å². The van der Waals surface area contributed by atoms with Gasteiger partial charge in [-0.1, -0.05) is 17.7 Å². The lowest BCUT2D eigenvalue weighted by atomic mass is 10.2. The van der Waals surface area contributed by atoms with Gasteiger partial charge in [0.1, 0.15) is 11.6 Å². The van der Waals surface area contributed by atoms with E-state index >= 15 is 0 Å². The predicted molar refractivity (Wildman–Crippen MR) is 127 cm³/mol. The maximum absolute atomic E-state index is 13.4. The number of rotatable bonds is 9. The Morgan fingerprint density at radius 2 is 1.76 bits per heavy atom. The van der Waals surface area contributed by atoms with Crippen LogP contribution >= 0.6 is 11.6 Å². The Hall–Kier alpha value is -3.14. The third kappa shape index (κ3) is 6.92. The zero-order chi connectivity index (χ0) is 23.8. The number of nitrogens with zero attached hydrogens (tertiary/aromatic N) is 1. The van der Waals surface area contributed by atoms with Crippen LogP contribution in [0.25, 0.3) is 0 Å². The van der Waals surface area contributed by atoms with Crippen LogP contribution in [0.1, 0.15) is 6.42 Å². The van der Waals surface area contributed by atoms with Gasteiger partial charge in [0.2, 0.25) is 10.0 Å². The molecule has 10 heteroatoms. The van der Waals surface area contributed by atoms with E-state index in [4.69, 9.17) is 16.3 Å². The number of sulfonamides is 1. The second kappa shape index (κ2) is 11.1. The second-order valence-electron chi connectivity index (χ2n) is 7.00. The van der Waals surface area contributed by atoms with Crippen LogP contribution in [0.15, 0.2) is 77.7 Å². The molecule has 7 nitrogen and oxygen atoms in total. The summed E-state index contributed by atoms with van der Waals surface area (Å²) in [5.74, 6) is 0.121. The van der Waals surface area contributed by atoms with Gasteiger partial charge in [0.05, 0.1) is 12.0 Å². The largest absolute Gasteiger partial charge is 0.497 e. The molecule has 0 saturated heterocycles. The molecular weight excluding hydrogens is 469 g/mol. The van der Waals surface area contributed by atoms with E-state index in [-0.39, 0.29) is 18.0 Å². The zero-order valence-corrected chi connectivity index (χ0v) is 19.4. The van der Waals surface area contributed by atoms with Gasteiger partial charge in [0.25, 0.3) is 0 Å². The number of urea groups is 1. The normalized spacial score (nSPS) is 11.1. The highest BCUT2D eigenvalue weighted by atomic mass is 35.5. The van der Waals surface area contributed by atoms with Crippen molar-refractivity contribution in [3.63, 3.8) is 0 Å². The molecule has 2 N–H and O–H groups in total. The fourth-order valence-electron chi connectivity index (χ4n) is 3.01. The Bertz CT molecular complexity index is 1190. The Labute approximate surface area is 197 Å². The molecule has 0 unspecified atom stereocenters. The summed E-state index contributed by atoms with van der Waals surface area (Å²) >= 11 is 5.98. The number of halogens is 2. The van der Waals surface area contributed by atoms with Crippen LogP contribution < -0.4 is 19.7 Å². The number of carbonyl (C=O) groups is 1. The smallest absolute Gasteiger partial charge is 0.326 e. The van der Waals surface area contributed by atoms with E-state index in [9.17, 15) is 17.6 Å². The average molecular weight is 492 g/mol. The molecule has 174 valence electrons. The fraction of sp³-hybridized carbons (Fsp3) is 0.174. The van der Waals surface area contributed by atoms with Crippen molar-refractivity contribution >= 4 is 39.0 Å². The van der Waals surface area contributed by atoms with Crippen LogP contribution in [0.3, 0.4) is 0 Å². The fourth-order valence-corrected chi connectivity index (χ4v) is 4.27. The quantitative estimate of drug-likeness (QED) is 0.417. The van der Waals surface area contributed by atoms with E-state index in [0.717, 1.165) is 0 Å². The van der Waals surface area contributed by atoms with Gasteiger partial charge in [-0.3, -0.25) is 4.90 Å². The monoisotopic (exact) mass is 491 g/mol. The lowest BCUT2D eigenvalue weighted by Crippen LogP contribution is -2.37. The van der Waals surface area contributed by atoms with Gasteiger partial charge in [-0.25, -0.2) is 22.3 Å². The number of carbonyl (C=O) groups excluding carboxylic acids is 1. The minimum atomic E-state index is -3.72. The first-order valence-electron chi connectivity index (χ1n) is 10.0. The van der Waals surface area contributed by atoms with Crippen molar-refractivity contribution in [2.45, 2.75) is 11.3 Å². The van der Waals surface area contributed by atoms with Gasteiger partial charge >= 0.3 is 6.03 Å². The van der Waals surface area contributed by atoms with Gasteiger partial charge in [-0.05, 0) is 73.2 Å². The van der Waals surface area contributed by atoms with E-state index < -0.39 is 21.9 Å². The molecule has 3 rings (SSSR count). The molecule has 3 aromatic carbocycles. The average Bonchev–Trinajstić information content (AvgIpc) is 2.80. The van der Waals surface area contributed by atoms with Crippen LogP contribution in [0.4, 0.5) is 20.6 Å². The predicted octanol–water partition coefficient (Wildman–Crippen LogP) is 4.89. The topological polar surface area (TPSA) is 87.7 Å². The minimum Gasteiger partial charge on any atom is -0.497 e. The summed E-state index contributed by atoms with van der Waals surface area (Å²) in [7, 11) is -2.22. The standard InChI is InChI=1S/C23H23ClFN3O4S/c1-32-21-10-12-22(13-11-21)33(30,31)26-14-3-15-28(20-8-6-18(25)7-9-20)23(29)27-19-5-2-4-17(24)16-19/h2,4-13,16,26H,3,14-15H2,1H3,(H,27,29). The van der Waals surface area contributed by atoms with Crippen LogP contribution in [0, 0.1) is 5.82 Å². The van der Waals surface area contributed by atoms with Gasteiger partial charge in [-0.2, -0.15) is 0 Å². The lowest BCUT2D eigenvalue weighted by Gasteiger charge is -2.23. The third-order valence-corrected chi connectivity index (χ3v) is 6.39. The van der Waals surface area contributed by atoms with E-state index in [0.29, 0.717) is 28.6 Å². The van der Waals surface area contributed by atoms with E-state index in [2.05, 4.69) is 10.0 Å².